The number of hydrogen-bond donors (Lipinski definition) is 2. The third-order valence-electron chi connectivity index (χ3n) is 4.15. The summed E-state index contributed by atoms with van der Waals surface area (Å²) in [5.74, 6) is -0.340. The van der Waals surface area contributed by atoms with Gasteiger partial charge in [-0.3, -0.25) is 9.52 Å². The number of nitrogens with one attached hydrogen (secondary N) is 2. The molecule has 1 amide bonds. The maximum absolute atomic E-state index is 12.6. The average Bonchev–Trinajstić information content (AvgIpc) is 2.70. The quantitative estimate of drug-likeness (QED) is 0.459. The summed E-state index contributed by atoms with van der Waals surface area (Å²) in [5.41, 5.74) is 2.52. The van der Waals surface area contributed by atoms with E-state index < -0.39 is 10.0 Å². The SMILES string of the molecule is Cc1ccc(NS(=O)(=O)c2ccc(NC(=O)/C=C/c3ccc(Cl)cc3)cc2)cc1Cl. The van der Waals surface area contributed by atoms with Gasteiger partial charge in [0.05, 0.1) is 10.6 Å². The van der Waals surface area contributed by atoms with Gasteiger partial charge in [-0.15, -0.1) is 0 Å². The summed E-state index contributed by atoms with van der Waals surface area (Å²) in [6, 6.07) is 17.8. The Morgan fingerprint density at radius 1 is 0.900 bits per heavy atom. The van der Waals surface area contributed by atoms with Crippen LogP contribution in [0.25, 0.3) is 6.08 Å². The highest BCUT2D eigenvalue weighted by Crippen LogP contribution is 2.23. The van der Waals surface area contributed by atoms with E-state index in [-0.39, 0.29) is 10.8 Å². The molecule has 0 fully saturated rings. The van der Waals surface area contributed by atoms with Gasteiger partial charge in [0, 0.05) is 21.8 Å². The van der Waals surface area contributed by atoms with Crippen LogP contribution < -0.4 is 10.0 Å². The van der Waals surface area contributed by atoms with Crippen molar-refractivity contribution in [2.45, 2.75) is 11.8 Å². The molecular formula is C22H18Cl2N2O3S. The molecule has 154 valence electrons. The third-order valence-corrected chi connectivity index (χ3v) is 6.21. The summed E-state index contributed by atoms with van der Waals surface area (Å²) < 4.78 is 27.6. The van der Waals surface area contributed by atoms with Crippen molar-refractivity contribution >= 4 is 56.6 Å². The normalized spacial score (nSPS) is 11.4. The van der Waals surface area contributed by atoms with Crippen LogP contribution in [0, 0.1) is 6.92 Å². The summed E-state index contributed by atoms with van der Waals surface area (Å²) in [6.45, 7) is 1.83. The fourth-order valence-corrected chi connectivity index (χ4v) is 3.87. The zero-order chi connectivity index (χ0) is 21.7. The zero-order valence-electron chi connectivity index (χ0n) is 15.9. The molecule has 0 aliphatic carbocycles. The minimum atomic E-state index is -3.78. The van der Waals surface area contributed by atoms with Crippen LogP contribution in [0.2, 0.25) is 10.0 Å². The maximum atomic E-state index is 12.6. The van der Waals surface area contributed by atoms with E-state index in [0.717, 1.165) is 11.1 Å². The molecule has 0 heterocycles. The Morgan fingerprint density at radius 3 is 2.17 bits per heavy atom. The summed E-state index contributed by atoms with van der Waals surface area (Å²) in [4.78, 5) is 12.1. The molecule has 3 aromatic carbocycles. The Kier molecular flexibility index (Phi) is 6.82. The molecule has 0 unspecified atom stereocenters. The number of halogens is 2. The number of rotatable bonds is 6. The molecule has 8 heteroatoms. The van der Waals surface area contributed by atoms with Crippen LogP contribution in [0.1, 0.15) is 11.1 Å². The Bertz CT molecular complexity index is 1190. The minimum absolute atomic E-state index is 0.0638. The topological polar surface area (TPSA) is 75.3 Å². The van der Waals surface area contributed by atoms with E-state index >= 15 is 0 Å². The first-order valence-corrected chi connectivity index (χ1v) is 11.1. The lowest BCUT2D eigenvalue weighted by Crippen LogP contribution is -2.13. The third kappa shape index (κ3) is 5.86. The van der Waals surface area contributed by atoms with Gasteiger partial charge >= 0.3 is 0 Å². The zero-order valence-corrected chi connectivity index (χ0v) is 18.2. The highest BCUT2D eigenvalue weighted by atomic mass is 35.5. The largest absolute Gasteiger partial charge is 0.323 e. The molecule has 0 aromatic heterocycles. The number of carbonyl (C=O) groups is 1. The van der Waals surface area contributed by atoms with E-state index in [4.69, 9.17) is 23.2 Å². The lowest BCUT2D eigenvalue weighted by molar-refractivity contribution is -0.111. The maximum Gasteiger partial charge on any atom is 0.261 e. The first kappa shape index (κ1) is 21.9. The minimum Gasteiger partial charge on any atom is -0.323 e. The van der Waals surface area contributed by atoms with E-state index in [0.29, 0.717) is 21.4 Å². The van der Waals surface area contributed by atoms with Crippen molar-refractivity contribution in [3.63, 3.8) is 0 Å². The summed E-state index contributed by atoms with van der Waals surface area (Å²) in [5, 5.41) is 3.77. The van der Waals surface area contributed by atoms with Crippen molar-refractivity contribution < 1.29 is 13.2 Å². The standard InChI is InChI=1S/C22H18Cl2N2O3S/c1-15-2-8-19(14-21(15)24)26-30(28,29)20-11-9-18(10-12-20)25-22(27)13-5-16-3-6-17(23)7-4-16/h2-14,26H,1H3,(H,25,27)/b13-5+. The number of carbonyl (C=O) groups excluding carboxylic acids is 1. The Hall–Kier alpha value is -2.80. The van der Waals surface area contributed by atoms with E-state index in [9.17, 15) is 13.2 Å². The van der Waals surface area contributed by atoms with Crippen molar-refractivity contribution in [3.05, 3.63) is 94.0 Å². The lowest BCUT2D eigenvalue weighted by Gasteiger charge is -2.10. The van der Waals surface area contributed by atoms with Gasteiger partial charge in [0.25, 0.3) is 10.0 Å². The molecule has 3 aromatic rings. The number of benzene rings is 3. The molecular weight excluding hydrogens is 443 g/mol. The highest BCUT2D eigenvalue weighted by molar-refractivity contribution is 7.92. The molecule has 5 nitrogen and oxygen atoms in total. The predicted octanol–water partition coefficient (Wildman–Crippen LogP) is 5.75. The van der Waals surface area contributed by atoms with E-state index in [1.807, 2.05) is 6.92 Å². The van der Waals surface area contributed by atoms with Crippen LogP contribution >= 0.6 is 23.2 Å². The molecule has 30 heavy (non-hydrogen) atoms. The van der Waals surface area contributed by atoms with Crippen molar-refractivity contribution in [1.29, 1.82) is 0 Å². The lowest BCUT2D eigenvalue weighted by atomic mass is 10.2. The summed E-state index contributed by atoms with van der Waals surface area (Å²) in [7, 11) is -3.78. The number of hydrogen-bond acceptors (Lipinski definition) is 3. The molecule has 2 N–H and O–H groups in total. The van der Waals surface area contributed by atoms with Crippen molar-refractivity contribution in [3.8, 4) is 0 Å². The van der Waals surface area contributed by atoms with Crippen LogP contribution in [0.3, 0.4) is 0 Å². The van der Waals surface area contributed by atoms with E-state index in [1.54, 1.807) is 48.5 Å². The Labute approximate surface area is 185 Å². The molecule has 0 spiro atoms. The second-order valence-corrected chi connectivity index (χ2v) is 8.99. The molecule has 0 bridgehead atoms. The van der Waals surface area contributed by atoms with Gasteiger partial charge in [0.2, 0.25) is 5.91 Å². The van der Waals surface area contributed by atoms with Gasteiger partial charge in [-0.05, 0) is 72.7 Å². The van der Waals surface area contributed by atoms with Crippen LogP contribution in [0.5, 0.6) is 0 Å². The second kappa shape index (κ2) is 9.34. The van der Waals surface area contributed by atoms with Crippen molar-refractivity contribution in [1.82, 2.24) is 0 Å². The Balaban J connectivity index is 1.65. The average molecular weight is 461 g/mol. The van der Waals surface area contributed by atoms with Gasteiger partial charge in [0.1, 0.15) is 0 Å². The molecule has 0 aliphatic heterocycles. The second-order valence-electron chi connectivity index (χ2n) is 6.47. The van der Waals surface area contributed by atoms with Crippen LogP contribution in [-0.4, -0.2) is 14.3 Å². The number of anilines is 2. The van der Waals surface area contributed by atoms with Gasteiger partial charge in [-0.2, -0.15) is 0 Å². The predicted molar refractivity (Wildman–Crippen MR) is 123 cm³/mol. The van der Waals surface area contributed by atoms with E-state index in [2.05, 4.69) is 10.0 Å². The first-order valence-electron chi connectivity index (χ1n) is 8.87. The number of sulfonamides is 1. The van der Waals surface area contributed by atoms with Gasteiger partial charge in [-0.1, -0.05) is 41.4 Å². The molecule has 0 atom stereocenters. The first-order chi connectivity index (χ1) is 14.2. The van der Waals surface area contributed by atoms with Crippen LogP contribution in [-0.2, 0) is 14.8 Å². The number of aryl methyl sites for hydroxylation is 1. The molecule has 0 radical (unpaired) electrons. The number of amides is 1. The summed E-state index contributed by atoms with van der Waals surface area (Å²) in [6.07, 6.45) is 3.04. The summed E-state index contributed by atoms with van der Waals surface area (Å²) >= 11 is 11.9. The molecule has 0 aliphatic rings. The van der Waals surface area contributed by atoms with Crippen molar-refractivity contribution in [2.24, 2.45) is 0 Å². The fourth-order valence-electron chi connectivity index (χ4n) is 2.52. The van der Waals surface area contributed by atoms with Crippen LogP contribution in [0.4, 0.5) is 11.4 Å². The monoisotopic (exact) mass is 460 g/mol. The molecule has 3 rings (SSSR count). The van der Waals surface area contributed by atoms with Crippen molar-refractivity contribution in [2.75, 3.05) is 10.0 Å². The molecule has 0 saturated carbocycles. The van der Waals surface area contributed by atoms with Crippen LogP contribution in [0.15, 0.2) is 77.7 Å². The fraction of sp³-hybridized carbons (Fsp3) is 0.0455. The Morgan fingerprint density at radius 2 is 1.53 bits per heavy atom. The van der Waals surface area contributed by atoms with E-state index in [1.165, 1.54) is 30.3 Å². The van der Waals surface area contributed by atoms with Gasteiger partial charge < -0.3 is 5.32 Å². The van der Waals surface area contributed by atoms with Gasteiger partial charge in [0.15, 0.2) is 0 Å². The smallest absolute Gasteiger partial charge is 0.261 e. The highest BCUT2D eigenvalue weighted by Gasteiger charge is 2.14. The van der Waals surface area contributed by atoms with Gasteiger partial charge in [-0.25, -0.2) is 8.42 Å². The molecule has 0 saturated heterocycles.